The number of nitro groups is 2. The van der Waals surface area contributed by atoms with Gasteiger partial charge in [-0.3, -0.25) is 20.2 Å². The van der Waals surface area contributed by atoms with Crippen molar-refractivity contribution in [1.82, 2.24) is 15.0 Å². The molecule has 4 aromatic rings. The van der Waals surface area contributed by atoms with Crippen LogP contribution in [0.25, 0.3) is 11.3 Å². The van der Waals surface area contributed by atoms with Gasteiger partial charge < -0.3 is 19.4 Å². The highest BCUT2D eigenvalue weighted by atomic mass is 16.6. The van der Waals surface area contributed by atoms with Crippen LogP contribution in [-0.2, 0) is 4.74 Å². The molecule has 0 radical (unpaired) electrons. The van der Waals surface area contributed by atoms with Crippen LogP contribution in [0.5, 0.6) is 0 Å². The average Bonchev–Trinajstić information content (AvgIpc) is 3.43. The number of ether oxygens (including phenoxy) is 1. The number of hydrazone groups is 1. The number of non-ortho nitro benzene ring substituents is 2. The van der Waals surface area contributed by atoms with Gasteiger partial charge in [0.2, 0.25) is 17.8 Å². The zero-order valence-corrected chi connectivity index (χ0v) is 20.3. The highest BCUT2D eigenvalue weighted by molar-refractivity contribution is 5.78. The van der Waals surface area contributed by atoms with E-state index >= 15 is 0 Å². The SMILES string of the molecule is O=[N+]([O-])c1ccc(Nc2nc(N/N=C/c3ccc(-c4ccc([N+](=O)[O-])cc4)o3)nc(N3CCOCC3)n2)cc1. The van der Waals surface area contributed by atoms with E-state index in [4.69, 9.17) is 9.15 Å². The molecule has 0 saturated carbocycles. The molecule has 1 aliphatic heterocycles. The highest BCUT2D eigenvalue weighted by Gasteiger charge is 2.17. The van der Waals surface area contributed by atoms with Crippen LogP contribution < -0.4 is 15.6 Å². The predicted octanol–water partition coefficient (Wildman–Crippen LogP) is 3.97. The van der Waals surface area contributed by atoms with Gasteiger partial charge in [0.05, 0.1) is 29.3 Å². The van der Waals surface area contributed by atoms with Gasteiger partial charge in [-0.15, -0.1) is 0 Å². The molecule has 0 amide bonds. The summed E-state index contributed by atoms with van der Waals surface area (Å²) in [7, 11) is 0. The molecule has 2 aromatic heterocycles. The Kier molecular flexibility index (Phi) is 7.31. The number of morpholine rings is 1. The molecule has 0 aliphatic carbocycles. The first-order valence-electron chi connectivity index (χ1n) is 11.7. The Bertz CT molecular complexity index is 1500. The number of hydrogen-bond acceptors (Lipinski definition) is 13. The van der Waals surface area contributed by atoms with Crippen molar-refractivity contribution < 1.29 is 19.0 Å². The van der Waals surface area contributed by atoms with Crippen molar-refractivity contribution >= 4 is 41.1 Å². The van der Waals surface area contributed by atoms with E-state index in [1.165, 1.54) is 30.5 Å². The van der Waals surface area contributed by atoms with Crippen molar-refractivity contribution in [3.63, 3.8) is 0 Å². The van der Waals surface area contributed by atoms with E-state index in [9.17, 15) is 20.2 Å². The number of furan rings is 1. The number of benzene rings is 2. The molecule has 0 spiro atoms. The number of nitro benzene ring substituents is 2. The van der Waals surface area contributed by atoms with Gasteiger partial charge in [0, 0.05) is 48.6 Å². The molecule has 5 rings (SSSR count). The van der Waals surface area contributed by atoms with Gasteiger partial charge in [0.25, 0.3) is 11.4 Å². The second kappa shape index (κ2) is 11.3. The fourth-order valence-corrected chi connectivity index (χ4v) is 3.65. The van der Waals surface area contributed by atoms with Gasteiger partial charge in [0.1, 0.15) is 11.5 Å². The largest absolute Gasteiger partial charge is 0.455 e. The van der Waals surface area contributed by atoms with Crippen molar-refractivity contribution in [2.75, 3.05) is 41.9 Å². The Morgan fingerprint density at radius 1 is 0.846 bits per heavy atom. The molecule has 3 heterocycles. The zero-order valence-electron chi connectivity index (χ0n) is 20.3. The van der Waals surface area contributed by atoms with Gasteiger partial charge in [0.15, 0.2) is 0 Å². The van der Waals surface area contributed by atoms with E-state index in [0.717, 1.165) is 0 Å². The van der Waals surface area contributed by atoms with Gasteiger partial charge in [-0.1, -0.05) is 0 Å². The van der Waals surface area contributed by atoms with Gasteiger partial charge in [-0.25, -0.2) is 5.43 Å². The zero-order chi connectivity index (χ0) is 27.2. The van der Waals surface area contributed by atoms with Crippen LogP contribution in [0.15, 0.2) is 70.2 Å². The predicted molar refractivity (Wildman–Crippen MR) is 141 cm³/mol. The van der Waals surface area contributed by atoms with Crippen molar-refractivity contribution in [3.05, 3.63) is 86.7 Å². The van der Waals surface area contributed by atoms with Crippen molar-refractivity contribution in [2.45, 2.75) is 0 Å². The number of nitrogens with zero attached hydrogens (tertiary/aromatic N) is 7. The molecule has 2 N–H and O–H groups in total. The van der Waals surface area contributed by atoms with Crippen LogP contribution >= 0.6 is 0 Å². The number of anilines is 4. The summed E-state index contributed by atoms with van der Waals surface area (Å²) in [5.41, 5.74) is 3.98. The van der Waals surface area contributed by atoms with Crippen LogP contribution in [0.1, 0.15) is 5.76 Å². The summed E-state index contributed by atoms with van der Waals surface area (Å²) in [6.45, 7) is 2.27. The second-order valence-electron chi connectivity index (χ2n) is 8.19. The summed E-state index contributed by atoms with van der Waals surface area (Å²) >= 11 is 0. The van der Waals surface area contributed by atoms with Crippen molar-refractivity contribution in [1.29, 1.82) is 0 Å². The first-order valence-corrected chi connectivity index (χ1v) is 11.7. The summed E-state index contributed by atoms with van der Waals surface area (Å²) in [6, 6.07) is 15.3. The van der Waals surface area contributed by atoms with Crippen LogP contribution in [0, 0.1) is 20.2 Å². The minimum absolute atomic E-state index is 0.00692. The highest BCUT2D eigenvalue weighted by Crippen LogP contribution is 2.24. The number of hydrogen-bond donors (Lipinski definition) is 2. The normalized spacial score (nSPS) is 13.4. The lowest BCUT2D eigenvalue weighted by Crippen LogP contribution is -2.37. The molecule has 198 valence electrons. The lowest BCUT2D eigenvalue weighted by atomic mass is 10.1. The fraction of sp³-hybridized carbons (Fsp3) is 0.167. The molecule has 1 aliphatic rings. The van der Waals surface area contributed by atoms with E-state index in [1.54, 1.807) is 36.4 Å². The Morgan fingerprint density at radius 2 is 1.49 bits per heavy atom. The van der Waals surface area contributed by atoms with E-state index in [2.05, 4.69) is 30.8 Å². The van der Waals surface area contributed by atoms with Crippen LogP contribution in [-0.4, -0.2) is 57.3 Å². The maximum atomic E-state index is 10.9. The van der Waals surface area contributed by atoms with Gasteiger partial charge in [-0.05, 0) is 36.4 Å². The van der Waals surface area contributed by atoms with E-state index in [-0.39, 0.29) is 23.3 Å². The summed E-state index contributed by atoms with van der Waals surface area (Å²) in [4.78, 5) is 36.1. The summed E-state index contributed by atoms with van der Waals surface area (Å²) in [5.74, 6) is 1.75. The number of aromatic nitrogens is 3. The molecular weight excluding hydrogens is 510 g/mol. The number of rotatable bonds is 9. The van der Waals surface area contributed by atoms with Crippen LogP contribution in [0.3, 0.4) is 0 Å². The summed E-state index contributed by atoms with van der Waals surface area (Å²) in [5, 5.41) is 29.0. The Balaban J connectivity index is 1.32. The third-order valence-corrected chi connectivity index (χ3v) is 5.60. The second-order valence-corrected chi connectivity index (χ2v) is 8.19. The van der Waals surface area contributed by atoms with E-state index in [0.29, 0.717) is 55.0 Å². The quantitative estimate of drug-likeness (QED) is 0.180. The molecule has 1 fully saturated rings. The summed E-state index contributed by atoms with van der Waals surface area (Å²) in [6.07, 6.45) is 1.44. The Labute approximate surface area is 220 Å². The fourth-order valence-electron chi connectivity index (χ4n) is 3.65. The smallest absolute Gasteiger partial charge is 0.269 e. The lowest BCUT2D eigenvalue weighted by molar-refractivity contribution is -0.385. The van der Waals surface area contributed by atoms with E-state index < -0.39 is 9.85 Å². The van der Waals surface area contributed by atoms with Crippen molar-refractivity contribution in [3.8, 4) is 11.3 Å². The third-order valence-electron chi connectivity index (χ3n) is 5.60. The van der Waals surface area contributed by atoms with Gasteiger partial charge >= 0.3 is 0 Å². The van der Waals surface area contributed by atoms with Gasteiger partial charge in [-0.2, -0.15) is 20.1 Å². The molecule has 2 aromatic carbocycles. The molecule has 0 atom stereocenters. The van der Waals surface area contributed by atoms with Crippen LogP contribution in [0.2, 0.25) is 0 Å². The first kappa shape index (κ1) is 25.2. The summed E-state index contributed by atoms with van der Waals surface area (Å²) < 4.78 is 11.2. The van der Waals surface area contributed by atoms with Crippen molar-refractivity contribution in [2.24, 2.45) is 5.10 Å². The molecule has 1 saturated heterocycles. The molecule has 0 unspecified atom stereocenters. The van der Waals surface area contributed by atoms with E-state index in [1.807, 2.05) is 4.90 Å². The minimum Gasteiger partial charge on any atom is -0.455 e. The minimum atomic E-state index is -0.475. The van der Waals surface area contributed by atoms with Crippen LogP contribution in [0.4, 0.5) is 34.9 Å². The Hall–Kier alpha value is -5.44. The maximum absolute atomic E-state index is 10.9. The molecule has 15 nitrogen and oxygen atoms in total. The molecule has 0 bridgehead atoms. The topological polar surface area (TPSA) is 187 Å². The monoisotopic (exact) mass is 531 g/mol. The molecule has 39 heavy (non-hydrogen) atoms. The first-order chi connectivity index (χ1) is 18.9. The maximum Gasteiger partial charge on any atom is 0.269 e. The standard InChI is InChI=1S/C24H21N9O6/c34-32(35)18-5-1-16(2-6-18)21-10-9-20(39-21)15-25-30-23-27-22(26-17-3-7-19(8-4-17)33(36)37)28-24(29-23)31-11-13-38-14-12-31/h1-10,15H,11-14H2,(H2,26,27,28,29,30)/b25-15+. The lowest BCUT2D eigenvalue weighted by Gasteiger charge is -2.27. The molecular formula is C24H21N9O6. The average molecular weight is 531 g/mol. The third kappa shape index (κ3) is 6.28. The number of nitrogens with one attached hydrogen (secondary N) is 2. The Morgan fingerprint density at radius 3 is 2.15 bits per heavy atom. The molecule has 15 heteroatoms.